The van der Waals surface area contributed by atoms with Gasteiger partial charge in [0.2, 0.25) is 5.91 Å². The Hall–Kier alpha value is -3.46. The zero-order chi connectivity index (χ0) is 18.6. The number of hydrogen-bond donors (Lipinski definition) is 1. The highest BCUT2D eigenvalue weighted by molar-refractivity contribution is 5.91. The summed E-state index contributed by atoms with van der Waals surface area (Å²) in [5.41, 5.74) is 0.779. The predicted octanol–water partition coefficient (Wildman–Crippen LogP) is 2.81. The fourth-order valence-corrected chi connectivity index (χ4v) is 2.11. The van der Waals surface area contributed by atoms with Gasteiger partial charge in [-0.2, -0.15) is 5.26 Å². The van der Waals surface area contributed by atoms with Crippen LogP contribution in [0.25, 0.3) is 6.08 Å². The molecule has 0 saturated carbocycles. The molecule has 0 aliphatic rings. The lowest BCUT2D eigenvalue weighted by molar-refractivity contribution is -0.116. The monoisotopic (exact) mass is 352 g/mol. The van der Waals surface area contributed by atoms with Gasteiger partial charge in [-0.15, -0.1) is 0 Å². The third-order valence-corrected chi connectivity index (χ3v) is 3.32. The van der Waals surface area contributed by atoms with Crippen molar-refractivity contribution in [2.45, 2.75) is 0 Å². The van der Waals surface area contributed by atoms with Crippen LogP contribution in [0.15, 0.2) is 54.6 Å². The number of ether oxygens (including phenoxy) is 3. The van der Waals surface area contributed by atoms with Gasteiger partial charge in [0.1, 0.15) is 18.4 Å². The summed E-state index contributed by atoms with van der Waals surface area (Å²) >= 11 is 0. The number of nitrogens with one attached hydrogen (secondary N) is 1. The highest BCUT2D eigenvalue weighted by Gasteiger charge is 2.04. The molecule has 134 valence electrons. The van der Waals surface area contributed by atoms with Gasteiger partial charge < -0.3 is 19.5 Å². The van der Waals surface area contributed by atoms with Gasteiger partial charge in [-0.3, -0.25) is 4.79 Å². The third kappa shape index (κ3) is 6.21. The quantitative estimate of drug-likeness (QED) is 0.554. The Bertz CT molecular complexity index is 782. The van der Waals surface area contributed by atoms with E-state index in [-0.39, 0.29) is 12.5 Å². The molecule has 0 saturated heterocycles. The molecule has 0 atom stereocenters. The van der Waals surface area contributed by atoms with E-state index in [0.29, 0.717) is 24.7 Å². The van der Waals surface area contributed by atoms with E-state index in [2.05, 4.69) is 5.32 Å². The van der Waals surface area contributed by atoms with Gasteiger partial charge in [0.25, 0.3) is 0 Å². The first-order valence-electron chi connectivity index (χ1n) is 8.04. The summed E-state index contributed by atoms with van der Waals surface area (Å²) < 4.78 is 16.0. The summed E-state index contributed by atoms with van der Waals surface area (Å²) in [6, 6.07) is 16.5. The van der Waals surface area contributed by atoms with Crippen LogP contribution in [0.4, 0.5) is 0 Å². The summed E-state index contributed by atoms with van der Waals surface area (Å²) in [6.07, 6.45) is 3.11. The molecule has 0 aliphatic heterocycles. The molecule has 1 N–H and O–H groups in total. The Kier molecular flexibility index (Phi) is 7.56. The van der Waals surface area contributed by atoms with E-state index in [1.165, 1.54) is 13.2 Å². The lowest BCUT2D eigenvalue weighted by atomic mass is 10.2. The summed E-state index contributed by atoms with van der Waals surface area (Å²) in [6.45, 7) is 0.740. The van der Waals surface area contributed by atoms with Crippen molar-refractivity contribution in [1.29, 1.82) is 5.26 Å². The first-order valence-corrected chi connectivity index (χ1v) is 8.04. The van der Waals surface area contributed by atoms with Crippen LogP contribution in [-0.4, -0.2) is 32.8 Å². The van der Waals surface area contributed by atoms with Crippen LogP contribution < -0.4 is 19.5 Å². The summed E-state index contributed by atoms with van der Waals surface area (Å²) in [5.74, 6) is 1.53. The molecule has 0 aliphatic carbocycles. The Labute approximate surface area is 152 Å². The molecule has 2 aromatic carbocycles. The second-order valence-electron chi connectivity index (χ2n) is 5.14. The van der Waals surface area contributed by atoms with E-state index in [1.54, 1.807) is 24.3 Å². The number of benzene rings is 2. The van der Waals surface area contributed by atoms with E-state index in [9.17, 15) is 4.79 Å². The Balaban J connectivity index is 1.80. The van der Waals surface area contributed by atoms with Gasteiger partial charge in [0.15, 0.2) is 18.1 Å². The van der Waals surface area contributed by atoms with Gasteiger partial charge in [0, 0.05) is 6.08 Å². The van der Waals surface area contributed by atoms with Crippen molar-refractivity contribution in [2.75, 3.05) is 26.9 Å². The van der Waals surface area contributed by atoms with Gasteiger partial charge in [-0.05, 0) is 35.9 Å². The molecule has 6 nitrogen and oxygen atoms in total. The minimum Gasteiger partial charge on any atom is -0.493 e. The fourth-order valence-electron chi connectivity index (χ4n) is 2.11. The average Bonchev–Trinajstić information content (AvgIpc) is 2.69. The average molecular weight is 352 g/mol. The number of nitrogens with zero attached hydrogens (tertiary/aromatic N) is 1. The van der Waals surface area contributed by atoms with Crippen LogP contribution in [0.2, 0.25) is 0 Å². The van der Waals surface area contributed by atoms with Crippen molar-refractivity contribution in [1.82, 2.24) is 5.32 Å². The summed E-state index contributed by atoms with van der Waals surface area (Å²) in [4.78, 5) is 11.8. The Morgan fingerprint density at radius 1 is 1.15 bits per heavy atom. The number of amides is 1. The molecular formula is C20H20N2O4. The second kappa shape index (κ2) is 10.4. The van der Waals surface area contributed by atoms with Gasteiger partial charge in [-0.1, -0.05) is 24.3 Å². The van der Waals surface area contributed by atoms with Crippen LogP contribution in [0.5, 0.6) is 17.2 Å². The number of nitriles is 1. The van der Waals surface area contributed by atoms with Gasteiger partial charge in [-0.25, -0.2) is 0 Å². The highest BCUT2D eigenvalue weighted by atomic mass is 16.5. The first kappa shape index (κ1) is 18.9. The largest absolute Gasteiger partial charge is 0.493 e. The van der Waals surface area contributed by atoms with Crippen LogP contribution >= 0.6 is 0 Å². The standard InChI is InChI=1S/C20H20N2O4/c1-24-19-15-16(7-9-18(19)26-13-11-21)8-10-20(23)22-12-14-25-17-5-3-2-4-6-17/h2-10,15H,12-14H2,1H3,(H,22,23). The zero-order valence-electron chi connectivity index (χ0n) is 14.5. The van der Waals surface area contributed by atoms with Crippen molar-refractivity contribution in [3.8, 4) is 23.3 Å². The molecule has 6 heteroatoms. The van der Waals surface area contributed by atoms with E-state index in [0.717, 1.165) is 11.3 Å². The molecule has 0 unspecified atom stereocenters. The lowest BCUT2D eigenvalue weighted by Gasteiger charge is -2.09. The zero-order valence-corrected chi connectivity index (χ0v) is 14.5. The first-order chi connectivity index (χ1) is 12.7. The number of hydrogen-bond acceptors (Lipinski definition) is 5. The maximum atomic E-state index is 11.8. The number of rotatable bonds is 9. The Morgan fingerprint density at radius 2 is 1.96 bits per heavy atom. The SMILES string of the molecule is COc1cc(C=CC(=O)NCCOc2ccccc2)ccc1OCC#N. The van der Waals surface area contributed by atoms with Crippen molar-refractivity contribution in [3.63, 3.8) is 0 Å². The van der Waals surface area contributed by atoms with E-state index >= 15 is 0 Å². The second-order valence-corrected chi connectivity index (χ2v) is 5.14. The normalized spacial score (nSPS) is 10.2. The molecule has 26 heavy (non-hydrogen) atoms. The van der Waals surface area contributed by atoms with Crippen molar-refractivity contribution >= 4 is 12.0 Å². The van der Waals surface area contributed by atoms with Crippen molar-refractivity contribution in [3.05, 3.63) is 60.2 Å². The van der Waals surface area contributed by atoms with Gasteiger partial charge >= 0.3 is 0 Å². The van der Waals surface area contributed by atoms with Crippen LogP contribution in [-0.2, 0) is 4.79 Å². The van der Waals surface area contributed by atoms with Crippen LogP contribution in [0.1, 0.15) is 5.56 Å². The number of carbonyl (C=O) groups excluding carboxylic acids is 1. The summed E-state index contributed by atoms with van der Waals surface area (Å²) in [5, 5.41) is 11.3. The maximum Gasteiger partial charge on any atom is 0.244 e. The molecule has 2 rings (SSSR count). The molecule has 2 aromatic rings. The molecule has 1 amide bonds. The summed E-state index contributed by atoms with van der Waals surface area (Å²) in [7, 11) is 1.52. The molecule has 0 spiro atoms. The lowest BCUT2D eigenvalue weighted by Crippen LogP contribution is -2.26. The maximum absolute atomic E-state index is 11.8. The Morgan fingerprint density at radius 3 is 2.69 bits per heavy atom. The van der Waals surface area contributed by atoms with Crippen LogP contribution in [0.3, 0.4) is 0 Å². The topological polar surface area (TPSA) is 80.6 Å². The minimum absolute atomic E-state index is 0.0565. The molecule has 0 radical (unpaired) electrons. The van der Waals surface area contributed by atoms with Crippen molar-refractivity contribution in [2.24, 2.45) is 0 Å². The predicted molar refractivity (Wildman–Crippen MR) is 98.1 cm³/mol. The fraction of sp³-hybridized carbons (Fsp3) is 0.200. The number of para-hydroxylation sites is 1. The molecular weight excluding hydrogens is 332 g/mol. The van der Waals surface area contributed by atoms with E-state index in [4.69, 9.17) is 19.5 Å². The van der Waals surface area contributed by atoms with Gasteiger partial charge in [0.05, 0.1) is 13.7 Å². The number of methoxy groups -OCH3 is 1. The third-order valence-electron chi connectivity index (χ3n) is 3.32. The molecule has 0 aromatic heterocycles. The molecule has 0 bridgehead atoms. The highest BCUT2D eigenvalue weighted by Crippen LogP contribution is 2.28. The van der Waals surface area contributed by atoms with Crippen LogP contribution in [0, 0.1) is 11.3 Å². The minimum atomic E-state index is -0.217. The molecule has 0 heterocycles. The van der Waals surface area contributed by atoms with Crippen molar-refractivity contribution < 1.29 is 19.0 Å². The van der Waals surface area contributed by atoms with E-state index in [1.807, 2.05) is 36.4 Å². The van der Waals surface area contributed by atoms with E-state index < -0.39 is 0 Å². The number of carbonyl (C=O) groups is 1. The smallest absolute Gasteiger partial charge is 0.244 e. The molecule has 0 fully saturated rings.